The zero-order valence-corrected chi connectivity index (χ0v) is 11.4. The number of aliphatic hydroxyl groups is 1. The molecule has 0 amide bonds. The third-order valence-corrected chi connectivity index (χ3v) is 3.51. The minimum Gasteiger partial charge on any atom is -0.497 e. The summed E-state index contributed by atoms with van der Waals surface area (Å²) in [5.74, 6) is 1.05. The zero-order chi connectivity index (χ0) is 14.5. The second-order valence-corrected chi connectivity index (χ2v) is 4.92. The molecule has 4 nitrogen and oxygen atoms in total. The Morgan fingerprint density at radius 1 is 1.45 bits per heavy atom. The second kappa shape index (κ2) is 6.85. The van der Waals surface area contributed by atoms with Crippen LogP contribution in [0.4, 0.5) is 8.78 Å². The Bertz CT molecular complexity index is 442. The quantitative estimate of drug-likeness (QED) is 0.870. The van der Waals surface area contributed by atoms with Crippen molar-refractivity contribution >= 4 is 0 Å². The third-order valence-electron chi connectivity index (χ3n) is 3.51. The molecule has 6 heteroatoms. The molecule has 1 aliphatic heterocycles. The molecule has 20 heavy (non-hydrogen) atoms. The van der Waals surface area contributed by atoms with E-state index in [1.54, 1.807) is 12.1 Å². The highest BCUT2D eigenvalue weighted by Crippen LogP contribution is 2.28. The first-order valence-electron chi connectivity index (χ1n) is 6.57. The van der Waals surface area contributed by atoms with Crippen molar-refractivity contribution in [3.05, 3.63) is 23.8 Å². The van der Waals surface area contributed by atoms with Gasteiger partial charge in [0.05, 0.1) is 7.11 Å². The van der Waals surface area contributed by atoms with Crippen molar-refractivity contribution in [2.45, 2.75) is 19.6 Å². The summed E-state index contributed by atoms with van der Waals surface area (Å²) >= 11 is 0. The van der Waals surface area contributed by atoms with E-state index < -0.39 is 6.61 Å². The van der Waals surface area contributed by atoms with Crippen LogP contribution in [0.1, 0.15) is 12.0 Å². The van der Waals surface area contributed by atoms with Gasteiger partial charge < -0.3 is 14.6 Å². The Balaban J connectivity index is 2.11. The maximum absolute atomic E-state index is 12.4. The van der Waals surface area contributed by atoms with Crippen molar-refractivity contribution in [1.29, 1.82) is 0 Å². The number of hydrogen-bond acceptors (Lipinski definition) is 4. The number of alkyl halides is 2. The lowest BCUT2D eigenvalue weighted by Gasteiger charge is -2.19. The highest BCUT2D eigenvalue weighted by molar-refractivity contribution is 5.40. The van der Waals surface area contributed by atoms with Gasteiger partial charge in [0.2, 0.25) is 0 Å². The Kier molecular flexibility index (Phi) is 5.14. The van der Waals surface area contributed by atoms with Crippen molar-refractivity contribution in [3.8, 4) is 11.5 Å². The molecule has 0 aliphatic carbocycles. The molecular formula is C14H19F2NO3. The summed E-state index contributed by atoms with van der Waals surface area (Å²) < 4.78 is 34.5. The molecular weight excluding hydrogens is 268 g/mol. The zero-order valence-electron chi connectivity index (χ0n) is 11.4. The van der Waals surface area contributed by atoms with Crippen LogP contribution in [-0.4, -0.2) is 43.4 Å². The summed E-state index contributed by atoms with van der Waals surface area (Å²) in [5.41, 5.74) is 0.670. The van der Waals surface area contributed by atoms with E-state index >= 15 is 0 Å². The number of ether oxygens (including phenoxy) is 2. The van der Waals surface area contributed by atoms with E-state index in [2.05, 4.69) is 9.64 Å². The fraction of sp³-hybridized carbons (Fsp3) is 0.571. The molecule has 112 valence electrons. The normalized spacial score (nSPS) is 19.6. The molecule has 1 atom stereocenters. The molecule has 1 fully saturated rings. The van der Waals surface area contributed by atoms with Crippen LogP contribution in [0.2, 0.25) is 0 Å². The van der Waals surface area contributed by atoms with Crippen molar-refractivity contribution < 1.29 is 23.4 Å². The van der Waals surface area contributed by atoms with E-state index in [1.165, 1.54) is 13.2 Å². The summed E-state index contributed by atoms with van der Waals surface area (Å²) in [4.78, 5) is 2.12. The second-order valence-electron chi connectivity index (χ2n) is 4.92. The lowest BCUT2D eigenvalue weighted by molar-refractivity contribution is -0.0507. The molecule has 1 aromatic rings. The van der Waals surface area contributed by atoms with Crippen LogP contribution < -0.4 is 9.47 Å². The largest absolute Gasteiger partial charge is 0.497 e. The van der Waals surface area contributed by atoms with E-state index in [4.69, 9.17) is 9.84 Å². The molecule has 0 spiro atoms. The SMILES string of the molecule is COc1ccc(OC(F)F)c(CN2CCC(CO)C2)c1. The predicted octanol–water partition coefficient (Wildman–Crippen LogP) is 2.11. The Morgan fingerprint density at radius 2 is 2.25 bits per heavy atom. The molecule has 0 saturated carbocycles. The molecule has 1 aromatic carbocycles. The molecule has 1 unspecified atom stereocenters. The minimum absolute atomic E-state index is 0.162. The van der Waals surface area contributed by atoms with Gasteiger partial charge in [-0.2, -0.15) is 8.78 Å². The maximum Gasteiger partial charge on any atom is 0.387 e. The molecule has 1 aliphatic rings. The van der Waals surface area contributed by atoms with Gasteiger partial charge in [-0.1, -0.05) is 0 Å². The fourth-order valence-corrected chi connectivity index (χ4v) is 2.46. The van der Waals surface area contributed by atoms with Crippen LogP contribution in [0.15, 0.2) is 18.2 Å². The standard InChI is InChI=1S/C14H19F2NO3/c1-19-12-2-3-13(20-14(15)16)11(6-12)8-17-5-4-10(7-17)9-18/h2-3,6,10,14,18H,4-5,7-9H2,1H3. The topological polar surface area (TPSA) is 41.9 Å². The van der Waals surface area contributed by atoms with E-state index in [1.807, 2.05) is 0 Å². The summed E-state index contributed by atoms with van der Waals surface area (Å²) in [6, 6.07) is 4.81. The summed E-state index contributed by atoms with van der Waals surface area (Å²) in [7, 11) is 1.53. The summed E-state index contributed by atoms with van der Waals surface area (Å²) in [6.45, 7) is -0.561. The number of halogens is 2. The van der Waals surface area contributed by atoms with Gasteiger partial charge in [-0.25, -0.2) is 0 Å². The lowest BCUT2D eigenvalue weighted by atomic mass is 10.1. The Hall–Kier alpha value is -1.40. The number of likely N-dealkylation sites (tertiary alicyclic amines) is 1. The van der Waals surface area contributed by atoms with Crippen molar-refractivity contribution in [1.82, 2.24) is 4.90 Å². The average Bonchev–Trinajstić information content (AvgIpc) is 2.88. The monoisotopic (exact) mass is 287 g/mol. The highest BCUT2D eigenvalue weighted by atomic mass is 19.3. The van der Waals surface area contributed by atoms with Gasteiger partial charge in [0.1, 0.15) is 11.5 Å². The molecule has 0 bridgehead atoms. The number of hydrogen-bond donors (Lipinski definition) is 1. The van der Waals surface area contributed by atoms with Gasteiger partial charge in [-0.15, -0.1) is 0 Å². The number of rotatable bonds is 6. The van der Waals surface area contributed by atoms with Crippen LogP contribution >= 0.6 is 0 Å². The number of nitrogens with zero attached hydrogens (tertiary/aromatic N) is 1. The first kappa shape index (κ1) is 15.0. The number of aliphatic hydroxyl groups excluding tert-OH is 1. The van der Waals surface area contributed by atoms with Crippen molar-refractivity contribution in [3.63, 3.8) is 0 Å². The van der Waals surface area contributed by atoms with Crippen LogP contribution in [0.3, 0.4) is 0 Å². The van der Waals surface area contributed by atoms with Crippen LogP contribution in [0, 0.1) is 5.92 Å². The number of benzene rings is 1. The smallest absolute Gasteiger partial charge is 0.387 e. The molecule has 2 rings (SSSR count). The Morgan fingerprint density at radius 3 is 2.85 bits per heavy atom. The molecule has 1 saturated heterocycles. The molecule has 1 heterocycles. The first-order valence-corrected chi connectivity index (χ1v) is 6.57. The minimum atomic E-state index is -2.84. The molecule has 0 radical (unpaired) electrons. The van der Waals surface area contributed by atoms with Gasteiger partial charge >= 0.3 is 6.61 Å². The number of methoxy groups -OCH3 is 1. The van der Waals surface area contributed by atoms with Gasteiger partial charge in [-0.3, -0.25) is 4.90 Å². The average molecular weight is 287 g/mol. The van der Waals surface area contributed by atoms with E-state index in [0.29, 0.717) is 17.9 Å². The molecule has 0 aromatic heterocycles. The van der Waals surface area contributed by atoms with Crippen molar-refractivity contribution in [2.75, 3.05) is 26.8 Å². The van der Waals surface area contributed by atoms with Crippen LogP contribution in [0.25, 0.3) is 0 Å². The van der Waals surface area contributed by atoms with Crippen LogP contribution in [0.5, 0.6) is 11.5 Å². The Labute approximate surface area is 116 Å². The third kappa shape index (κ3) is 3.80. The van der Waals surface area contributed by atoms with Gasteiger partial charge in [0.25, 0.3) is 0 Å². The highest BCUT2D eigenvalue weighted by Gasteiger charge is 2.23. The fourth-order valence-electron chi connectivity index (χ4n) is 2.46. The van der Waals surface area contributed by atoms with E-state index in [0.717, 1.165) is 19.5 Å². The summed E-state index contributed by atoms with van der Waals surface area (Å²) in [6.07, 6.45) is 0.922. The van der Waals surface area contributed by atoms with Crippen molar-refractivity contribution in [2.24, 2.45) is 5.92 Å². The van der Waals surface area contributed by atoms with Gasteiger partial charge in [-0.05, 0) is 37.1 Å². The van der Waals surface area contributed by atoms with E-state index in [9.17, 15) is 8.78 Å². The van der Waals surface area contributed by atoms with E-state index in [-0.39, 0.29) is 18.3 Å². The molecule has 1 N–H and O–H groups in total. The lowest BCUT2D eigenvalue weighted by Crippen LogP contribution is -2.21. The maximum atomic E-state index is 12.4. The van der Waals surface area contributed by atoms with Gasteiger partial charge in [0.15, 0.2) is 0 Å². The predicted molar refractivity (Wildman–Crippen MR) is 70.1 cm³/mol. The van der Waals surface area contributed by atoms with Gasteiger partial charge in [0, 0.05) is 25.3 Å². The first-order chi connectivity index (χ1) is 9.62. The van der Waals surface area contributed by atoms with Crippen LogP contribution in [-0.2, 0) is 6.54 Å². The summed E-state index contributed by atoms with van der Waals surface area (Å²) in [5, 5.41) is 9.14.